The lowest BCUT2D eigenvalue weighted by Gasteiger charge is -2.11. The summed E-state index contributed by atoms with van der Waals surface area (Å²) in [5.74, 6) is -0.476. The summed E-state index contributed by atoms with van der Waals surface area (Å²) in [7, 11) is 0. The molecule has 0 unspecified atom stereocenters. The zero-order valence-corrected chi connectivity index (χ0v) is 13.3. The number of anilines is 1. The number of aryl methyl sites for hydroxylation is 1. The molecule has 0 aliphatic heterocycles. The molecule has 23 heavy (non-hydrogen) atoms. The van der Waals surface area contributed by atoms with Gasteiger partial charge >= 0.3 is 0 Å². The van der Waals surface area contributed by atoms with Crippen molar-refractivity contribution in [2.24, 2.45) is 0 Å². The number of nitrogens with one attached hydrogen (secondary N) is 1. The summed E-state index contributed by atoms with van der Waals surface area (Å²) < 4.78 is 1.06. The average Bonchev–Trinajstić information content (AvgIpc) is 2.47. The molecule has 0 fully saturated rings. The number of nitro groups is 1. The summed E-state index contributed by atoms with van der Waals surface area (Å²) in [5, 5.41) is 14.0. The summed E-state index contributed by atoms with van der Waals surface area (Å²) in [6.45, 7) is 2.94. The van der Waals surface area contributed by atoms with Crippen LogP contribution in [0.15, 0.2) is 35.1 Å². The number of pyridine rings is 1. The van der Waals surface area contributed by atoms with Crippen LogP contribution in [0.3, 0.4) is 0 Å². The number of carbonyl (C=O) groups excluding carboxylic acids is 1. The molecule has 0 bridgehead atoms. The van der Waals surface area contributed by atoms with Crippen LogP contribution in [0.5, 0.6) is 0 Å². The maximum Gasteiger partial charge on any atom is 0.288 e. The van der Waals surface area contributed by atoms with E-state index in [0.717, 1.165) is 22.3 Å². The predicted molar refractivity (Wildman–Crippen MR) is 86.9 cm³/mol. The van der Waals surface area contributed by atoms with Gasteiger partial charge in [-0.1, -0.05) is 17.7 Å². The average molecular weight is 336 g/mol. The van der Waals surface area contributed by atoms with E-state index in [1.165, 1.54) is 6.92 Å². The van der Waals surface area contributed by atoms with E-state index in [4.69, 9.17) is 11.6 Å². The number of halogens is 1. The smallest absolute Gasteiger partial charge is 0.288 e. The number of amides is 1. The van der Waals surface area contributed by atoms with Crippen molar-refractivity contribution < 1.29 is 9.72 Å². The van der Waals surface area contributed by atoms with Crippen molar-refractivity contribution in [2.45, 2.75) is 20.4 Å². The molecule has 0 atom stereocenters. The van der Waals surface area contributed by atoms with Gasteiger partial charge in [0.1, 0.15) is 6.54 Å². The van der Waals surface area contributed by atoms with Gasteiger partial charge in [-0.05, 0) is 31.5 Å². The molecule has 8 heteroatoms. The first kappa shape index (κ1) is 16.7. The van der Waals surface area contributed by atoms with Crippen LogP contribution >= 0.6 is 11.6 Å². The number of hydrogen-bond acceptors (Lipinski definition) is 4. The van der Waals surface area contributed by atoms with Gasteiger partial charge in [0.25, 0.3) is 11.2 Å². The summed E-state index contributed by atoms with van der Waals surface area (Å²) in [5.41, 5.74) is 0.790. The Morgan fingerprint density at radius 3 is 2.61 bits per heavy atom. The van der Waals surface area contributed by atoms with E-state index in [2.05, 4.69) is 5.32 Å². The fraction of sp³-hybridized carbons (Fsp3) is 0.200. The van der Waals surface area contributed by atoms with Gasteiger partial charge in [-0.3, -0.25) is 24.3 Å². The molecule has 120 valence electrons. The lowest BCUT2D eigenvalue weighted by molar-refractivity contribution is -0.386. The molecule has 2 rings (SSSR count). The Balaban J connectivity index is 2.23. The zero-order valence-electron chi connectivity index (χ0n) is 12.5. The highest BCUT2D eigenvalue weighted by Gasteiger charge is 2.16. The maximum atomic E-state index is 12.1. The summed E-state index contributed by atoms with van der Waals surface area (Å²) in [6, 6.07) is 7.23. The quantitative estimate of drug-likeness (QED) is 0.686. The molecule has 1 amide bonds. The van der Waals surface area contributed by atoms with E-state index >= 15 is 0 Å². The normalized spacial score (nSPS) is 10.4. The fourth-order valence-corrected chi connectivity index (χ4v) is 2.25. The first-order chi connectivity index (χ1) is 10.8. The third kappa shape index (κ3) is 3.75. The number of aromatic nitrogens is 1. The van der Waals surface area contributed by atoms with Crippen molar-refractivity contribution in [2.75, 3.05) is 5.32 Å². The maximum absolute atomic E-state index is 12.1. The molecule has 0 saturated carbocycles. The molecule has 0 spiro atoms. The van der Waals surface area contributed by atoms with Crippen molar-refractivity contribution in [3.05, 3.63) is 67.1 Å². The molecule has 1 N–H and O–H groups in total. The molecule has 7 nitrogen and oxygen atoms in total. The third-order valence-electron chi connectivity index (χ3n) is 3.38. The molecule has 0 saturated heterocycles. The Morgan fingerprint density at radius 2 is 2.00 bits per heavy atom. The van der Waals surface area contributed by atoms with Crippen LogP contribution in [0.4, 0.5) is 11.4 Å². The highest BCUT2D eigenvalue weighted by molar-refractivity contribution is 6.31. The van der Waals surface area contributed by atoms with E-state index in [1.54, 1.807) is 18.2 Å². The van der Waals surface area contributed by atoms with Crippen LogP contribution < -0.4 is 10.9 Å². The second-order valence-electron chi connectivity index (χ2n) is 5.00. The Morgan fingerprint density at radius 1 is 1.30 bits per heavy atom. The van der Waals surface area contributed by atoms with Crippen molar-refractivity contribution in [3.8, 4) is 0 Å². The van der Waals surface area contributed by atoms with E-state index in [0.29, 0.717) is 10.7 Å². The summed E-state index contributed by atoms with van der Waals surface area (Å²) >= 11 is 5.98. The zero-order chi connectivity index (χ0) is 17.1. The van der Waals surface area contributed by atoms with Crippen LogP contribution in [0.2, 0.25) is 5.02 Å². The Labute approximate surface area is 136 Å². The second-order valence-corrected chi connectivity index (χ2v) is 5.40. The number of carbonyl (C=O) groups is 1. The largest absolute Gasteiger partial charge is 0.324 e. The predicted octanol–water partition coefficient (Wildman–Crippen LogP) is 2.67. The van der Waals surface area contributed by atoms with E-state index in [9.17, 15) is 19.7 Å². The lowest BCUT2D eigenvalue weighted by Crippen LogP contribution is -2.29. The standard InChI is InChI=1S/C15H14ClN3O4/c1-9-3-4-11(7-12(9)16)17-14(20)8-18-10(2)13(19(22)23)5-6-15(18)21/h3-7H,8H2,1-2H3,(H,17,20). The highest BCUT2D eigenvalue weighted by atomic mass is 35.5. The van der Waals surface area contributed by atoms with Gasteiger partial charge < -0.3 is 5.32 Å². The summed E-state index contributed by atoms with van der Waals surface area (Å²) in [6.07, 6.45) is 0. The van der Waals surface area contributed by atoms with Crippen LogP contribution in [-0.4, -0.2) is 15.4 Å². The van der Waals surface area contributed by atoms with Gasteiger partial charge in [-0.25, -0.2) is 0 Å². The van der Waals surface area contributed by atoms with Crippen LogP contribution in [-0.2, 0) is 11.3 Å². The fourth-order valence-electron chi connectivity index (χ4n) is 2.07. The first-order valence-corrected chi connectivity index (χ1v) is 7.08. The summed E-state index contributed by atoms with van der Waals surface area (Å²) in [4.78, 5) is 34.2. The van der Waals surface area contributed by atoms with Gasteiger partial charge in [0.2, 0.25) is 5.91 Å². The second kappa shape index (κ2) is 6.62. The van der Waals surface area contributed by atoms with Crippen molar-refractivity contribution in [1.29, 1.82) is 0 Å². The highest BCUT2D eigenvalue weighted by Crippen LogP contribution is 2.20. The van der Waals surface area contributed by atoms with E-state index < -0.39 is 16.4 Å². The van der Waals surface area contributed by atoms with Gasteiger partial charge in [-0.15, -0.1) is 0 Å². The van der Waals surface area contributed by atoms with Crippen molar-refractivity contribution in [3.63, 3.8) is 0 Å². The Bertz CT molecular complexity index is 845. The Hall–Kier alpha value is -2.67. The number of rotatable bonds is 4. The topological polar surface area (TPSA) is 94.2 Å². The van der Waals surface area contributed by atoms with Crippen molar-refractivity contribution >= 4 is 28.9 Å². The molecule has 1 heterocycles. The van der Waals surface area contributed by atoms with E-state index in [-0.39, 0.29) is 17.9 Å². The molecule has 2 aromatic rings. The molecular formula is C15H14ClN3O4. The SMILES string of the molecule is Cc1ccc(NC(=O)Cn2c(C)c([N+](=O)[O-])ccc2=O)cc1Cl. The molecule has 0 aliphatic carbocycles. The van der Waals surface area contributed by atoms with Gasteiger partial charge in [0, 0.05) is 22.8 Å². The number of nitrogens with zero attached hydrogens (tertiary/aromatic N) is 2. The molecular weight excluding hydrogens is 322 g/mol. The van der Waals surface area contributed by atoms with Gasteiger partial charge in [0.15, 0.2) is 0 Å². The third-order valence-corrected chi connectivity index (χ3v) is 3.79. The number of hydrogen-bond donors (Lipinski definition) is 1. The van der Waals surface area contributed by atoms with Crippen LogP contribution in [0, 0.1) is 24.0 Å². The molecule has 1 aromatic heterocycles. The minimum absolute atomic E-state index is 0.125. The minimum atomic E-state index is -0.594. The minimum Gasteiger partial charge on any atom is -0.324 e. The van der Waals surface area contributed by atoms with Crippen LogP contribution in [0.1, 0.15) is 11.3 Å². The monoisotopic (exact) mass is 335 g/mol. The van der Waals surface area contributed by atoms with Crippen LogP contribution in [0.25, 0.3) is 0 Å². The molecule has 1 aromatic carbocycles. The first-order valence-electron chi connectivity index (χ1n) is 6.70. The Kier molecular flexibility index (Phi) is 4.80. The lowest BCUT2D eigenvalue weighted by atomic mass is 10.2. The van der Waals surface area contributed by atoms with Crippen molar-refractivity contribution in [1.82, 2.24) is 4.57 Å². The van der Waals surface area contributed by atoms with Gasteiger partial charge in [0.05, 0.1) is 10.6 Å². The molecule has 0 radical (unpaired) electrons. The van der Waals surface area contributed by atoms with Gasteiger partial charge in [-0.2, -0.15) is 0 Å². The molecule has 0 aliphatic rings. The van der Waals surface area contributed by atoms with E-state index in [1.807, 2.05) is 6.92 Å². The number of benzene rings is 1.